The summed E-state index contributed by atoms with van der Waals surface area (Å²) >= 11 is 0. The van der Waals surface area contributed by atoms with Gasteiger partial charge in [0, 0.05) is 25.2 Å². The second-order valence-electron chi connectivity index (χ2n) is 6.52. The molecular weight excluding hydrogens is 208 g/mol. The molecular formula is C15H28N2. The first-order chi connectivity index (χ1) is 8.34. The van der Waals surface area contributed by atoms with E-state index < -0.39 is 0 Å². The maximum absolute atomic E-state index is 3.73. The Bertz CT molecular complexity index is 249. The largest absolute Gasteiger partial charge is 0.313 e. The first kappa shape index (κ1) is 12.0. The Labute approximate surface area is 106 Å². The summed E-state index contributed by atoms with van der Waals surface area (Å²) in [5.74, 6) is 2.04. The number of hydrogen-bond acceptors (Lipinski definition) is 2. The molecule has 98 valence electrons. The molecule has 2 nitrogen and oxygen atoms in total. The molecule has 1 aliphatic heterocycles. The van der Waals surface area contributed by atoms with Crippen molar-refractivity contribution in [2.45, 2.75) is 64.0 Å². The van der Waals surface area contributed by atoms with Crippen LogP contribution >= 0.6 is 0 Å². The Morgan fingerprint density at radius 1 is 1.12 bits per heavy atom. The van der Waals surface area contributed by atoms with Gasteiger partial charge in [-0.25, -0.2) is 0 Å². The molecule has 0 spiro atoms. The van der Waals surface area contributed by atoms with Crippen LogP contribution in [0.5, 0.6) is 0 Å². The van der Waals surface area contributed by atoms with Crippen LogP contribution in [-0.4, -0.2) is 36.6 Å². The highest BCUT2D eigenvalue weighted by Gasteiger charge is 2.35. The van der Waals surface area contributed by atoms with Gasteiger partial charge in [-0.3, -0.25) is 4.90 Å². The van der Waals surface area contributed by atoms with Gasteiger partial charge in [0.1, 0.15) is 0 Å². The summed E-state index contributed by atoms with van der Waals surface area (Å²) in [4.78, 5) is 2.77. The lowest BCUT2D eigenvalue weighted by molar-refractivity contribution is 0.181. The zero-order chi connectivity index (χ0) is 11.7. The maximum atomic E-state index is 3.73. The van der Waals surface area contributed by atoms with Gasteiger partial charge < -0.3 is 5.32 Å². The molecule has 3 rings (SSSR count). The number of nitrogens with zero attached hydrogens (tertiary/aromatic N) is 1. The van der Waals surface area contributed by atoms with Crippen molar-refractivity contribution in [2.75, 3.05) is 19.6 Å². The third kappa shape index (κ3) is 2.85. The van der Waals surface area contributed by atoms with E-state index in [1.165, 1.54) is 64.6 Å². The van der Waals surface area contributed by atoms with Crippen LogP contribution in [0.1, 0.15) is 51.9 Å². The van der Waals surface area contributed by atoms with E-state index in [1.54, 1.807) is 0 Å². The van der Waals surface area contributed by atoms with Gasteiger partial charge in [0.05, 0.1) is 0 Å². The second-order valence-corrected chi connectivity index (χ2v) is 6.52. The van der Waals surface area contributed by atoms with E-state index in [0.717, 1.165) is 23.9 Å². The van der Waals surface area contributed by atoms with Crippen molar-refractivity contribution in [1.82, 2.24) is 10.2 Å². The van der Waals surface area contributed by atoms with Crippen LogP contribution in [-0.2, 0) is 0 Å². The standard InChI is InChI=1S/C15H28N2/c1-12(13-6-7-13)16-9-11-17-10-8-14-4-2-3-5-15(14)17/h12-16H,2-11H2,1H3. The van der Waals surface area contributed by atoms with Gasteiger partial charge in [-0.1, -0.05) is 12.8 Å². The smallest absolute Gasteiger partial charge is 0.0124 e. The highest BCUT2D eigenvalue weighted by molar-refractivity contribution is 4.90. The molecule has 1 N–H and O–H groups in total. The molecule has 0 bridgehead atoms. The van der Waals surface area contributed by atoms with Gasteiger partial charge in [-0.05, 0) is 57.4 Å². The van der Waals surface area contributed by atoms with Crippen molar-refractivity contribution < 1.29 is 0 Å². The normalized spacial score (nSPS) is 35.8. The van der Waals surface area contributed by atoms with Gasteiger partial charge in [-0.15, -0.1) is 0 Å². The molecule has 1 saturated heterocycles. The molecule has 2 heteroatoms. The SMILES string of the molecule is CC(NCCN1CCC2CCCCC21)C1CC1. The van der Waals surface area contributed by atoms with E-state index >= 15 is 0 Å². The average molecular weight is 236 g/mol. The topological polar surface area (TPSA) is 15.3 Å². The minimum absolute atomic E-state index is 0.764. The predicted octanol–water partition coefficient (Wildman–Crippen LogP) is 2.64. The lowest BCUT2D eigenvalue weighted by atomic mass is 9.85. The van der Waals surface area contributed by atoms with E-state index in [0.29, 0.717) is 0 Å². The summed E-state index contributed by atoms with van der Waals surface area (Å²) in [7, 11) is 0. The van der Waals surface area contributed by atoms with Crippen LogP contribution in [0.2, 0.25) is 0 Å². The third-order valence-corrected chi connectivity index (χ3v) is 5.32. The number of fused-ring (bicyclic) bond motifs is 1. The number of rotatable bonds is 5. The van der Waals surface area contributed by atoms with E-state index in [4.69, 9.17) is 0 Å². The summed E-state index contributed by atoms with van der Waals surface area (Å²) in [5, 5.41) is 3.73. The molecule has 2 saturated carbocycles. The molecule has 0 radical (unpaired) electrons. The molecule has 3 unspecified atom stereocenters. The fourth-order valence-electron chi connectivity index (χ4n) is 3.98. The van der Waals surface area contributed by atoms with Crippen molar-refractivity contribution in [1.29, 1.82) is 0 Å². The predicted molar refractivity (Wildman–Crippen MR) is 72.1 cm³/mol. The molecule has 0 aromatic carbocycles. The molecule has 0 amide bonds. The molecule has 3 fully saturated rings. The second kappa shape index (κ2) is 5.27. The number of hydrogen-bond donors (Lipinski definition) is 1. The first-order valence-corrected chi connectivity index (χ1v) is 7.82. The van der Waals surface area contributed by atoms with Crippen molar-refractivity contribution in [3.8, 4) is 0 Å². The lowest BCUT2D eigenvalue weighted by Gasteiger charge is -2.32. The van der Waals surface area contributed by atoms with Crippen molar-refractivity contribution in [2.24, 2.45) is 11.8 Å². The zero-order valence-electron chi connectivity index (χ0n) is 11.3. The van der Waals surface area contributed by atoms with Gasteiger partial charge in [0.15, 0.2) is 0 Å². The van der Waals surface area contributed by atoms with Crippen LogP contribution in [0, 0.1) is 11.8 Å². The number of nitrogens with one attached hydrogen (secondary N) is 1. The summed E-state index contributed by atoms with van der Waals surface area (Å²) in [6, 6.07) is 1.71. The summed E-state index contributed by atoms with van der Waals surface area (Å²) in [5.41, 5.74) is 0. The zero-order valence-corrected chi connectivity index (χ0v) is 11.3. The van der Waals surface area contributed by atoms with Crippen LogP contribution in [0.4, 0.5) is 0 Å². The molecule has 1 heterocycles. The minimum atomic E-state index is 0.764. The maximum Gasteiger partial charge on any atom is 0.0124 e. The molecule has 17 heavy (non-hydrogen) atoms. The minimum Gasteiger partial charge on any atom is -0.313 e. The Morgan fingerprint density at radius 3 is 2.76 bits per heavy atom. The molecule has 0 aromatic rings. The van der Waals surface area contributed by atoms with Crippen LogP contribution < -0.4 is 5.32 Å². The summed E-state index contributed by atoms with van der Waals surface area (Å²) in [6.07, 6.45) is 10.3. The van der Waals surface area contributed by atoms with Crippen molar-refractivity contribution in [3.05, 3.63) is 0 Å². The monoisotopic (exact) mass is 236 g/mol. The Hall–Kier alpha value is -0.0800. The quantitative estimate of drug-likeness (QED) is 0.789. The Kier molecular flexibility index (Phi) is 3.72. The van der Waals surface area contributed by atoms with Crippen LogP contribution in [0.25, 0.3) is 0 Å². The van der Waals surface area contributed by atoms with Gasteiger partial charge in [0.2, 0.25) is 0 Å². The third-order valence-electron chi connectivity index (χ3n) is 5.32. The molecule has 3 atom stereocenters. The number of likely N-dealkylation sites (tertiary alicyclic amines) is 1. The van der Waals surface area contributed by atoms with E-state index in [2.05, 4.69) is 17.1 Å². The Balaban J connectivity index is 1.39. The van der Waals surface area contributed by atoms with Gasteiger partial charge in [0.25, 0.3) is 0 Å². The highest BCUT2D eigenvalue weighted by Crippen LogP contribution is 2.36. The van der Waals surface area contributed by atoms with E-state index in [1.807, 2.05) is 0 Å². The molecule has 0 aromatic heterocycles. The fourth-order valence-corrected chi connectivity index (χ4v) is 3.98. The highest BCUT2D eigenvalue weighted by atomic mass is 15.2. The van der Waals surface area contributed by atoms with E-state index in [-0.39, 0.29) is 0 Å². The van der Waals surface area contributed by atoms with Crippen molar-refractivity contribution >= 4 is 0 Å². The Morgan fingerprint density at radius 2 is 1.94 bits per heavy atom. The molecule has 3 aliphatic rings. The average Bonchev–Trinajstić information content (AvgIpc) is 3.12. The van der Waals surface area contributed by atoms with Crippen molar-refractivity contribution in [3.63, 3.8) is 0 Å². The van der Waals surface area contributed by atoms with Crippen LogP contribution in [0.15, 0.2) is 0 Å². The molecule has 2 aliphatic carbocycles. The fraction of sp³-hybridized carbons (Fsp3) is 1.00. The van der Waals surface area contributed by atoms with Crippen LogP contribution in [0.3, 0.4) is 0 Å². The summed E-state index contributed by atoms with van der Waals surface area (Å²) < 4.78 is 0. The van der Waals surface area contributed by atoms with Gasteiger partial charge in [-0.2, -0.15) is 0 Å². The van der Waals surface area contributed by atoms with Gasteiger partial charge >= 0.3 is 0 Å². The van der Waals surface area contributed by atoms with E-state index in [9.17, 15) is 0 Å². The summed E-state index contributed by atoms with van der Waals surface area (Å²) in [6.45, 7) is 6.24. The first-order valence-electron chi connectivity index (χ1n) is 7.82. The lowest BCUT2D eigenvalue weighted by Crippen LogP contribution is -2.41.